The van der Waals surface area contributed by atoms with Gasteiger partial charge in [0.05, 0.1) is 10.7 Å². The van der Waals surface area contributed by atoms with Gasteiger partial charge in [0.1, 0.15) is 11.4 Å². The number of likely N-dealkylation sites (tertiary alicyclic amines) is 1. The van der Waals surface area contributed by atoms with Crippen LogP contribution in [0.1, 0.15) is 40.5 Å². The number of halogens is 3. The molecular weight excluding hydrogens is 411 g/mol. The first-order valence-electron chi connectivity index (χ1n) is 8.46. The van der Waals surface area contributed by atoms with Crippen molar-refractivity contribution in [3.8, 4) is 0 Å². The number of carbonyl (C=O) groups is 1. The molecule has 0 saturated carbocycles. The monoisotopic (exact) mass is 434 g/mol. The molecule has 1 aromatic carbocycles. The van der Waals surface area contributed by atoms with Gasteiger partial charge in [-0.1, -0.05) is 11.6 Å². The highest BCUT2D eigenvalue weighted by Crippen LogP contribution is 2.34. The fourth-order valence-electron chi connectivity index (χ4n) is 2.94. The van der Waals surface area contributed by atoms with E-state index in [2.05, 4.69) is 28.2 Å². The fraction of sp³-hybridized carbons (Fsp3) is 0.611. The van der Waals surface area contributed by atoms with Crippen molar-refractivity contribution >= 4 is 39.3 Å². The van der Waals surface area contributed by atoms with E-state index < -0.39 is 5.60 Å². The third-order valence-corrected chi connectivity index (χ3v) is 5.12. The lowest BCUT2D eigenvalue weighted by molar-refractivity contribution is 0.0159. The topological polar surface area (TPSA) is 41.6 Å². The Morgan fingerprint density at radius 3 is 2.76 bits per heavy atom. The van der Waals surface area contributed by atoms with Crippen molar-refractivity contribution in [1.29, 1.82) is 0 Å². The van der Waals surface area contributed by atoms with Crippen LogP contribution in [0.15, 0.2) is 16.6 Å². The Balaban J connectivity index is 2.02. The normalized spacial score (nSPS) is 19.5. The van der Waals surface area contributed by atoms with Crippen molar-refractivity contribution in [2.75, 3.05) is 18.4 Å². The number of nitrogens with one attached hydrogen (secondary N) is 1. The highest BCUT2D eigenvalue weighted by atomic mass is 79.9. The molecule has 7 heteroatoms. The molecule has 1 aliphatic heterocycles. The maximum Gasteiger partial charge on any atom is 0.410 e. The van der Waals surface area contributed by atoms with E-state index in [1.807, 2.05) is 20.8 Å². The molecule has 1 aromatic rings. The molecule has 1 saturated heterocycles. The summed E-state index contributed by atoms with van der Waals surface area (Å²) in [4.78, 5) is 14.1. The standard InChI is InChI=1S/C18H25BrClFN2O2/c1-11(22-16-14(19)8-13(21)9-15(16)20)12-6-5-7-23(10-12)17(24)25-18(2,3)4/h8-9,11-12,22H,5-7,10H2,1-4H3. The molecule has 1 aliphatic rings. The van der Waals surface area contributed by atoms with Crippen LogP contribution in [0.25, 0.3) is 0 Å². The Kier molecular flexibility index (Phi) is 6.60. The summed E-state index contributed by atoms with van der Waals surface area (Å²) in [6, 6.07) is 2.74. The molecule has 1 amide bonds. The molecule has 2 unspecified atom stereocenters. The summed E-state index contributed by atoms with van der Waals surface area (Å²) in [6.45, 7) is 8.98. The van der Waals surface area contributed by atoms with Crippen molar-refractivity contribution in [2.45, 2.75) is 52.2 Å². The quantitative estimate of drug-likeness (QED) is 0.663. The first kappa shape index (κ1) is 20.3. The first-order chi connectivity index (χ1) is 11.6. The highest BCUT2D eigenvalue weighted by molar-refractivity contribution is 9.10. The Morgan fingerprint density at radius 2 is 2.16 bits per heavy atom. The van der Waals surface area contributed by atoms with Gasteiger partial charge < -0.3 is 15.0 Å². The van der Waals surface area contributed by atoms with Gasteiger partial charge in [-0.05, 0) is 74.5 Å². The zero-order valence-corrected chi connectivity index (χ0v) is 17.4. The van der Waals surface area contributed by atoms with Gasteiger partial charge in [0, 0.05) is 23.6 Å². The van der Waals surface area contributed by atoms with Crippen LogP contribution >= 0.6 is 27.5 Å². The zero-order valence-electron chi connectivity index (χ0n) is 15.0. The van der Waals surface area contributed by atoms with Gasteiger partial charge in [-0.15, -0.1) is 0 Å². The van der Waals surface area contributed by atoms with E-state index in [4.69, 9.17) is 16.3 Å². The van der Waals surface area contributed by atoms with Crippen molar-refractivity contribution in [3.05, 3.63) is 27.4 Å². The second kappa shape index (κ2) is 8.12. The molecule has 4 nitrogen and oxygen atoms in total. The highest BCUT2D eigenvalue weighted by Gasteiger charge is 2.30. The van der Waals surface area contributed by atoms with E-state index in [1.54, 1.807) is 4.90 Å². The molecule has 1 N–H and O–H groups in total. The maximum atomic E-state index is 13.4. The molecule has 0 radical (unpaired) electrons. The summed E-state index contributed by atoms with van der Waals surface area (Å²) < 4.78 is 19.4. The number of hydrogen-bond acceptors (Lipinski definition) is 3. The maximum absolute atomic E-state index is 13.4. The number of piperidine rings is 1. The minimum absolute atomic E-state index is 0.0736. The van der Waals surface area contributed by atoms with Gasteiger partial charge >= 0.3 is 6.09 Å². The van der Waals surface area contributed by atoms with Gasteiger partial charge in [0.25, 0.3) is 0 Å². The molecule has 1 heterocycles. The van der Waals surface area contributed by atoms with Crippen LogP contribution in [0.4, 0.5) is 14.9 Å². The van der Waals surface area contributed by atoms with E-state index in [-0.39, 0.29) is 23.9 Å². The zero-order chi connectivity index (χ0) is 18.8. The lowest BCUT2D eigenvalue weighted by Gasteiger charge is -2.37. The predicted molar refractivity (Wildman–Crippen MR) is 103 cm³/mol. The third kappa shape index (κ3) is 5.74. The van der Waals surface area contributed by atoms with Crippen LogP contribution in [0, 0.1) is 11.7 Å². The average Bonchev–Trinajstić information content (AvgIpc) is 2.49. The molecule has 2 rings (SSSR count). The number of nitrogens with zero attached hydrogens (tertiary/aromatic N) is 1. The van der Waals surface area contributed by atoms with Crippen LogP contribution in [-0.4, -0.2) is 35.7 Å². The largest absolute Gasteiger partial charge is 0.444 e. The Hall–Kier alpha value is -1.01. The van der Waals surface area contributed by atoms with E-state index in [9.17, 15) is 9.18 Å². The summed E-state index contributed by atoms with van der Waals surface area (Å²) in [6.07, 6.45) is 1.66. The molecule has 2 atom stereocenters. The van der Waals surface area contributed by atoms with Gasteiger partial charge in [-0.2, -0.15) is 0 Å². The number of carbonyl (C=O) groups excluding carboxylic acids is 1. The predicted octanol–water partition coefficient (Wildman–Crippen LogP) is 5.69. The number of hydrogen-bond donors (Lipinski definition) is 1. The van der Waals surface area contributed by atoms with Crippen LogP contribution in [0.2, 0.25) is 5.02 Å². The van der Waals surface area contributed by atoms with Crippen molar-refractivity contribution < 1.29 is 13.9 Å². The van der Waals surface area contributed by atoms with E-state index in [0.717, 1.165) is 12.8 Å². The Bertz CT molecular complexity index is 613. The molecule has 0 aromatic heterocycles. The Labute approximate surface area is 162 Å². The molecule has 0 aliphatic carbocycles. The number of anilines is 1. The van der Waals surface area contributed by atoms with Crippen LogP contribution in [0.3, 0.4) is 0 Å². The lowest BCUT2D eigenvalue weighted by atomic mass is 9.91. The molecule has 25 heavy (non-hydrogen) atoms. The van der Waals surface area contributed by atoms with Crippen molar-refractivity contribution in [1.82, 2.24) is 4.90 Å². The van der Waals surface area contributed by atoms with Crippen LogP contribution in [-0.2, 0) is 4.74 Å². The lowest BCUT2D eigenvalue weighted by Crippen LogP contribution is -2.46. The van der Waals surface area contributed by atoms with Gasteiger partial charge in [-0.25, -0.2) is 9.18 Å². The Morgan fingerprint density at radius 1 is 1.48 bits per heavy atom. The SMILES string of the molecule is CC(Nc1c(Cl)cc(F)cc1Br)C1CCCN(C(=O)OC(C)(C)C)C1. The number of ether oxygens (including phenoxy) is 1. The molecule has 0 bridgehead atoms. The van der Waals surface area contributed by atoms with Gasteiger partial charge in [0.15, 0.2) is 0 Å². The van der Waals surface area contributed by atoms with E-state index in [0.29, 0.717) is 28.3 Å². The summed E-state index contributed by atoms with van der Waals surface area (Å²) in [5.41, 5.74) is 0.172. The number of amides is 1. The average molecular weight is 436 g/mol. The number of benzene rings is 1. The minimum Gasteiger partial charge on any atom is -0.444 e. The van der Waals surface area contributed by atoms with E-state index in [1.165, 1.54) is 12.1 Å². The molecule has 0 spiro atoms. The molecule has 1 fully saturated rings. The van der Waals surface area contributed by atoms with E-state index >= 15 is 0 Å². The second-order valence-corrected chi connectivity index (χ2v) is 8.77. The summed E-state index contributed by atoms with van der Waals surface area (Å²) in [5, 5.41) is 3.69. The summed E-state index contributed by atoms with van der Waals surface area (Å²) in [7, 11) is 0. The van der Waals surface area contributed by atoms with Crippen LogP contribution in [0.5, 0.6) is 0 Å². The summed E-state index contributed by atoms with van der Waals surface area (Å²) >= 11 is 9.50. The fourth-order valence-corrected chi connectivity index (χ4v) is 3.86. The second-order valence-electron chi connectivity index (χ2n) is 7.51. The number of rotatable bonds is 3. The van der Waals surface area contributed by atoms with Gasteiger partial charge in [0.2, 0.25) is 0 Å². The molecular formula is C18H25BrClFN2O2. The van der Waals surface area contributed by atoms with Crippen molar-refractivity contribution in [3.63, 3.8) is 0 Å². The first-order valence-corrected chi connectivity index (χ1v) is 9.63. The third-order valence-electron chi connectivity index (χ3n) is 4.20. The van der Waals surface area contributed by atoms with Crippen molar-refractivity contribution in [2.24, 2.45) is 5.92 Å². The van der Waals surface area contributed by atoms with Crippen LogP contribution < -0.4 is 5.32 Å². The molecule has 140 valence electrons. The minimum atomic E-state index is -0.500. The smallest absolute Gasteiger partial charge is 0.410 e. The van der Waals surface area contributed by atoms with Gasteiger partial charge in [-0.3, -0.25) is 0 Å². The summed E-state index contributed by atoms with van der Waals surface area (Å²) in [5.74, 6) is -0.127.